The van der Waals surface area contributed by atoms with Gasteiger partial charge in [-0.15, -0.1) is 0 Å². The number of nitrogen functional groups attached to an aromatic ring is 1. The van der Waals surface area contributed by atoms with Crippen LogP contribution in [0.2, 0.25) is 5.15 Å². The number of aromatic nitrogens is 4. The van der Waals surface area contributed by atoms with E-state index < -0.39 is 7.60 Å². The highest BCUT2D eigenvalue weighted by molar-refractivity contribution is 7.51. The van der Waals surface area contributed by atoms with Gasteiger partial charge in [0.05, 0.1) is 12.5 Å². The molecule has 4 N–H and O–H groups in total. The summed E-state index contributed by atoms with van der Waals surface area (Å²) >= 11 is 5.90. The predicted molar refractivity (Wildman–Crippen MR) is 75.4 cm³/mol. The van der Waals surface area contributed by atoms with Crippen LogP contribution in [0.1, 0.15) is 6.42 Å². The molecule has 0 aliphatic rings. The molecule has 0 unspecified atom stereocenters. The van der Waals surface area contributed by atoms with Crippen LogP contribution in [-0.4, -0.2) is 35.5 Å². The van der Waals surface area contributed by atoms with E-state index in [1.165, 1.54) is 0 Å². The van der Waals surface area contributed by atoms with Crippen molar-refractivity contribution in [3.63, 3.8) is 0 Å². The molecule has 0 fully saturated rings. The van der Waals surface area contributed by atoms with Crippen LogP contribution in [0, 0.1) is 0 Å². The number of halogens is 1. The minimum absolute atomic E-state index is 0.0646. The van der Waals surface area contributed by atoms with Crippen LogP contribution in [0.25, 0.3) is 11.2 Å². The molecule has 108 valence electrons. The van der Waals surface area contributed by atoms with Gasteiger partial charge in [0.2, 0.25) is 5.95 Å². The number of hydrogen-bond acceptors (Lipinski definition) is 5. The number of hydrogen-bond donors (Lipinski definition) is 3. The smallest absolute Gasteiger partial charge is 0.325 e. The minimum Gasteiger partial charge on any atom is -0.368 e. The molecular weight excluding hydrogens is 305 g/mol. The maximum absolute atomic E-state index is 10.7. The van der Waals surface area contributed by atoms with Crippen molar-refractivity contribution in [3.05, 3.63) is 23.6 Å². The Bertz CT molecular complexity index is 696. The summed E-state index contributed by atoms with van der Waals surface area (Å²) in [6, 6.07) is 0. The van der Waals surface area contributed by atoms with Gasteiger partial charge in [0.25, 0.3) is 0 Å². The topological polar surface area (TPSA) is 127 Å². The summed E-state index contributed by atoms with van der Waals surface area (Å²) in [7, 11) is -3.94. The normalized spacial score (nSPS) is 12.6. The Morgan fingerprint density at radius 2 is 2.15 bits per heavy atom. The lowest BCUT2D eigenvalue weighted by Gasteiger charge is -2.01. The summed E-state index contributed by atoms with van der Waals surface area (Å²) < 4.78 is 12.4. The fraction of sp³-hybridized carbons (Fsp3) is 0.300. The third-order valence-corrected chi connectivity index (χ3v) is 3.60. The third kappa shape index (κ3) is 3.77. The maximum atomic E-state index is 10.7. The van der Waals surface area contributed by atoms with Crippen LogP contribution >= 0.6 is 19.2 Å². The number of nitrogens with zero attached hydrogens (tertiary/aromatic N) is 4. The fourth-order valence-electron chi connectivity index (χ4n) is 1.61. The molecule has 0 aromatic carbocycles. The van der Waals surface area contributed by atoms with Crippen molar-refractivity contribution in [2.24, 2.45) is 0 Å². The summed E-state index contributed by atoms with van der Waals surface area (Å²) in [5.74, 6) is 0.0646. The van der Waals surface area contributed by atoms with Crippen LogP contribution in [0.4, 0.5) is 5.95 Å². The summed E-state index contributed by atoms with van der Waals surface area (Å²) in [4.78, 5) is 29.4. The first-order chi connectivity index (χ1) is 9.37. The Morgan fingerprint density at radius 1 is 1.40 bits per heavy atom. The predicted octanol–water partition coefficient (Wildman–Crippen LogP) is 1.19. The largest absolute Gasteiger partial charge is 0.368 e. The molecule has 8 nitrogen and oxygen atoms in total. The number of allylic oxidation sites excluding steroid dienone is 2. The highest BCUT2D eigenvalue weighted by Gasteiger charge is 2.11. The van der Waals surface area contributed by atoms with Gasteiger partial charge in [-0.05, 0) is 6.42 Å². The van der Waals surface area contributed by atoms with Crippen LogP contribution < -0.4 is 5.73 Å². The molecule has 20 heavy (non-hydrogen) atoms. The van der Waals surface area contributed by atoms with Gasteiger partial charge >= 0.3 is 7.60 Å². The Morgan fingerprint density at radius 3 is 2.85 bits per heavy atom. The Labute approximate surface area is 119 Å². The van der Waals surface area contributed by atoms with Crippen LogP contribution in [0.5, 0.6) is 0 Å². The molecule has 0 radical (unpaired) electrons. The molecule has 0 bridgehead atoms. The van der Waals surface area contributed by atoms with Crippen LogP contribution in [0.3, 0.4) is 0 Å². The fourth-order valence-corrected chi connectivity index (χ4v) is 2.31. The van der Waals surface area contributed by atoms with Crippen molar-refractivity contribution < 1.29 is 14.4 Å². The van der Waals surface area contributed by atoms with Crippen molar-refractivity contribution >= 4 is 36.3 Å². The quantitative estimate of drug-likeness (QED) is 0.429. The van der Waals surface area contributed by atoms with E-state index in [0.717, 1.165) is 0 Å². The second-order valence-corrected chi connectivity index (χ2v) is 6.22. The average molecular weight is 318 g/mol. The second-order valence-electron chi connectivity index (χ2n) is 4.09. The van der Waals surface area contributed by atoms with Crippen molar-refractivity contribution in [1.29, 1.82) is 0 Å². The van der Waals surface area contributed by atoms with Gasteiger partial charge in [0.15, 0.2) is 10.8 Å². The maximum Gasteiger partial charge on any atom is 0.325 e. The lowest BCUT2D eigenvalue weighted by atomic mass is 10.4. The van der Waals surface area contributed by atoms with E-state index in [1.807, 2.05) is 0 Å². The van der Waals surface area contributed by atoms with Gasteiger partial charge < -0.3 is 20.1 Å². The number of rotatable bonds is 5. The lowest BCUT2D eigenvalue weighted by Crippen LogP contribution is -2.00. The zero-order chi connectivity index (χ0) is 14.8. The molecule has 0 amide bonds. The van der Waals surface area contributed by atoms with Crippen molar-refractivity contribution in [2.45, 2.75) is 13.0 Å². The second kappa shape index (κ2) is 5.88. The third-order valence-electron chi connectivity index (χ3n) is 2.49. The molecule has 10 heteroatoms. The Kier molecular flexibility index (Phi) is 4.39. The standard InChI is InChI=1S/C10H13ClN5O3P/c11-8-7-9(15-10(12)14-8)16(6-13-7)4-2-1-3-5-20(17,18)19/h1-2,6H,3-5H2,(H2,12,14,15)(H2,17,18,19)/b2-1+. The van der Waals surface area contributed by atoms with E-state index in [1.54, 1.807) is 23.0 Å². The summed E-state index contributed by atoms with van der Waals surface area (Å²) in [6.07, 6.45) is 5.14. The van der Waals surface area contributed by atoms with Crippen LogP contribution in [0.15, 0.2) is 18.5 Å². The van der Waals surface area contributed by atoms with E-state index in [-0.39, 0.29) is 17.3 Å². The molecule has 0 saturated heterocycles. The summed E-state index contributed by atoms with van der Waals surface area (Å²) in [6.45, 7) is 0.449. The van der Waals surface area contributed by atoms with Gasteiger partial charge in [-0.3, -0.25) is 4.57 Å². The van der Waals surface area contributed by atoms with Crippen molar-refractivity contribution in [1.82, 2.24) is 19.5 Å². The van der Waals surface area contributed by atoms with E-state index in [0.29, 0.717) is 24.1 Å². The van der Waals surface area contributed by atoms with Gasteiger partial charge in [-0.1, -0.05) is 23.8 Å². The Hall–Kier alpha value is -1.47. The average Bonchev–Trinajstić information content (AvgIpc) is 2.70. The molecule has 2 heterocycles. The molecule has 2 aromatic rings. The van der Waals surface area contributed by atoms with Crippen molar-refractivity contribution in [2.75, 3.05) is 11.9 Å². The first-order valence-electron chi connectivity index (χ1n) is 5.70. The number of anilines is 1. The molecule has 0 spiro atoms. The first kappa shape index (κ1) is 14.9. The molecule has 0 aliphatic heterocycles. The minimum atomic E-state index is -3.94. The van der Waals surface area contributed by atoms with Gasteiger partial charge in [-0.2, -0.15) is 9.97 Å². The molecule has 0 saturated carbocycles. The van der Waals surface area contributed by atoms with Gasteiger partial charge in [0.1, 0.15) is 5.52 Å². The van der Waals surface area contributed by atoms with Crippen molar-refractivity contribution in [3.8, 4) is 0 Å². The van der Waals surface area contributed by atoms with Gasteiger partial charge in [0, 0.05) is 6.54 Å². The zero-order valence-corrected chi connectivity index (χ0v) is 12.0. The molecule has 2 aromatic heterocycles. The zero-order valence-electron chi connectivity index (χ0n) is 10.3. The summed E-state index contributed by atoms with van der Waals surface area (Å²) in [5.41, 5.74) is 6.50. The summed E-state index contributed by atoms with van der Waals surface area (Å²) in [5, 5.41) is 0.191. The molecule has 2 rings (SSSR count). The Balaban J connectivity index is 2.07. The SMILES string of the molecule is Nc1nc(Cl)c2ncn(C/C=C/CCP(=O)(O)O)c2n1. The number of nitrogens with two attached hydrogens (primary N) is 1. The van der Waals surface area contributed by atoms with E-state index >= 15 is 0 Å². The molecule has 0 atom stereocenters. The van der Waals surface area contributed by atoms with E-state index in [4.69, 9.17) is 27.1 Å². The van der Waals surface area contributed by atoms with Crippen LogP contribution in [-0.2, 0) is 11.1 Å². The number of imidazole rings is 1. The van der Waals surface area contributed by atoms with E-state index in [9.17, 15) is 4.57 Å². The highest BCUT2D eigenvalue weighted by atomic mass is 35.5. The molecular formula is C10H13ClN5O3P. The number of fused-ring (bicyclic) bond motifs is 1. The van der Waals surface area contributed by atoms with E-state index in [2.05, 4.69) is 15.0 Å². The molecule has 0 aliphatic carbocycles. The lowest BCUT2D eigenvalue weighted by molar-refractivity contribution is 0.373. The first-order valence-corrected chi connectivity index (χ1v) is 7.88. The monoisotopic (exact) mass is 317 g/mol. The highest BCUT2D eigenvalue weighted by Crippen LogP contribution is 2.34. The van der Waals surface area contributed by atoms with Gasteiger partial charge in [-0.25, -0.2) is 4.98 Å².